The van der Waals surface area contributed by atoms with Gasteiger partial charge in [-0.1, -0.05) is 12.1 Å². The minimum Gasteiger partial charge on any atom is -0.356 e. The monoisotopic (exact) mass is 398 g/mol. The van der Waals surface area contributed by atoms with Crippen molar-refractivity contribution in [3.63, 3.8) is 0 Å². The molecule has 0 aromatic carbocycles. The van der Waals surface area contributed by atoms with Crippen molar-refractivity contribution in [2.24, 2.45) is 5.92 Å². The number of likely N-dealkylation sites (N-methyl/N-ethyl adjacent to an activating group) is 1. The smallest absolute Gasteiger partial charge is 0.261 e. The number of hydrogen-bond acceptors (Lipinski definition) is 7. The van der Waals surface area contributed by atoms with E-state index in [1.54, 1.807) is 6.20 Å². The lowest BCUT2D eigenvalue weighted by atomic mass is 9.92. The van der Waals surface area contributed by atoms with Crippen LogP contribution in [0.5, 0.6) is 0 Å². The lowest BCUT2D eigenvalue weighted by Crippen LogP contribution is -2.49. The van der Waals surface area contributed by atoms with Crippen molar-refractivity contribution in [3.05, 3.63) is 24.2 Å². The zero-order chi connectivity index (χ0) is 20.2. The van der Waals surface area contributed by atoms with E-state index in [0.29, 0.717) is 30.0 Å². The molecule has 0 radical (unpaired) electrons. The summed E-state index contributed by atoms with van der Waals surface area (Å²) < 4.78 is 5.36. The van der Waals surface area contributed by atoms with Crippen molar-refractivity contribution in [2.45, 2.75) is 33.1 Å². The van der Waals surface area contributed by atoms with Gasteiger partial charge in [-0.3, -0.25) is 4.79 Å². The summed E-state index contributed by atoms with van der Waals surface area (Å²) in [4.78, 5) is 28.4. The number of aryl methyl sites for hydroxylation is 1. The lowest BCUT2D eigenvalue weighted by Gasteiger charge is -2.36. The molecule has 0 spiro atoms. The average molecular weight is 399 g/mol. The maximum absolute atomic E-state index is 12.7. The Morgan fingerprint density at radius 2 is 1.93 bits per heavy atom. The lowest BCUT2D eigenvalue weighted by molar-refractivity contribution is -0.134. The van der Waals surface area contributed by atoms with Crippen LogP contribution in [0, 0.1) is 12.8 Å². The summed E-state index contributed by atoms with van der Waals surface area (Å²) in [5.41, 5.74) is 0.872. The molecule has 8 nitrogen and oxygen atoms in total. The molecule has 29 heavy (non-hydrogen) atoms. The Hall–Kier alpha value is -2.48. The quantitative estimate of drug-likeness (QED) is 0.764. The molecular formula is C21H30N6O2. The van der Waals surface area contributed by atoms with Gasteiger partial charge in [0.15, 0.2) is 5.82 Å². The van der Waals surface area contributed by atoms with Gasteiger partial charge in [-0.25, -0.2) is 4.98 Å². The summed E-state index contributed by atoms with van der Waals surface area (Å²) in [7, 11) is 0. The molecule has 2 aromatic rings. The summed E-state index contributed by atoms with van der Waals surface area (Å²) in [5.74, 6) is 2.78. The van der Waals surface area contributed by atoms with E-state index >= 15 is 0 Å². The van der Waals surface area contributed by atoms with E-state index < -0.39 is 0 Å². The fourth-order valence-electron chi connectivity index (χ4n) is 4.26. The van der Waals surface area contributed by atoms with E-state index in [0.717, 1.165) is 70.0 Å². The Labute approximate surface area is 171 Å². The molecule has 0 bridgehead atoms. The fourth-order valence-corrected chi connectivity index (χ4v) is 4.26. The number of hydrogen-bond donors (Lipinski definition) is 0. The second-order valence-corrected chi connectivity index (χ2v) is 7.97. The van der Waals surface area contributed by atoms with Crippen LogP contribution in [0.25, 0.3) is 11.5 Å². The molecule has 2 aliphatic heterocycles. The zero-order valence-corrected chi connectivity index (χ0v) is 17.4. The summed E-state index contributed by atoms with van der Waals surface area (Å²) in [6, 6.07) is 3.86. The number of anilines is 1. The molecule has 0 unspecified atom stereocenters. The van der Waals surface area contributed by atoms with Gasteiger partial charge < -0.3 is 19.2 Å². The number of pyridine rings is 1. The number of rotatable bonds is 5. The van der Waals surface area contributed by atoms with E-state index in [9.17, 15) is 4.79 Å². The molecule has 0 saturated carbocycles. The number of carbonyl (C=O) groups is 1. The number of amides is 1. The van der Waals surface area contributed by atoms with E-state index in [-0.39, 0.29) is 0 Å². The highest BCUT2D eigenvalue weighted by atomic mass is 16.5. The van der Waals surface area contributed by atoms with Crippen molar-refractivity contribution in [3.8, 4) is 11.5 Å². The standard InChI is InChI=1S/C21H30N6O2/c1-3-25-11-13-26(14-12-25)19(28)15-17-6-9-27(10-7-17)20-18(5-4-8-22-20)21-23-16(2)24-29-21/h4-5,8,17H,3,6-7,9-15H2,1-2H3. The van der Waals surface area contributed by atoms with Crippen LogP contribution >= 0.6 is 0 Å². The van der Waals surface area contributed by atoms with Crippen LogP contribution in [0.15, 0.2) is 22.9 Å². The van der Waals surface area contributed by atoms with Crippen molar-refractivity contribution in [2.75, 3.05) is 50.7 Å². The van der Waals surface area contributed by atoms with Crippen LogP contribution in [-0.4, -0.2) is 76.6 Å². The molecule has 2 saturated heterocycles. The fraction of sp³-hybridized carbons (Fsp3) is 0.619. The highest BCUT2D eigenvalue weighted by molar-refractivity contribution is 5.76. The maximum atomic E-state index is 12.7. The van der Waals surface area contributed by atoms with Crippen molar-refractivity contribution in [1.82, 2.24) is 24.9 Å². The molecule has 1 amide bonds. The minimum atomic E-state index is 0.319. The second kappa shape index (κ2) is 8.90. The predicted octanol–water partition coefficient (Wildman–Crippen LogP) is 2.21. The molecule has 2 fully saturated rings. The van der Waals surface area contributed by atoms with Gasteiger partial charge in [-0.05, 0) is 44.4 Å². The third-order valence-corrected chi connectivity index (χ3v) is 6.09. The van der Waals surface area contributed by atoms with Crippen LogP contribution in [0.4, 0.5) is 5.82 Å². The summed E-state index contributed by atoms with van der Waals surface area (Å²) >= 11 is 0. The van der Waals surface area contributed by atoms with Gasteiger partial charge in [-0.15, -0.1) is 0 Å². The molecule has 8 heteroatoms. The first-order chi connectivity index (χ1) is 14.1. The van der Waals surface area contributed by atoms with E-state index in [2.05, 4.69) is 31.8 Å². The Balaban J connectivity index is 1.33. The zero-order valence-electron chi connectivity index (χ0n) is 17.4. The van der Waals surface area contributed by atoms with Crippen LogP contribution in [0.1, 0.15) is 32.0 Å². The molecule has 2 aromatic heterocycles. The van der Waals surface area contributed by atoms with Crippen molar-refractivity contribution >= 4 is 11.7 Å². The second-order valence-electron chi connectivity index (χ2n) is 7.97. The van der Waals surface area contributed by atoms with Crippen LogP contribution < -0.4 is 4.90 Å². The highest BCUT2D eigenvalue weighted by Crippen LogP contribution is 2.31. The average Bonchev–Trinajstić information content (AvgIpc) is 3.20. The van der Waals surface area contributed by atoms with Crippen molar-refractivity contribution in [1.29, 1.82) is 0 Å². The molecule has 0 N–H and O–H groups in total. The number of aromatic nitrogens is 3. The van der Waals surface area contributed by atoms with Gasteiger partial charge in [-0.2, -0.15) is 4.98 Å². The normalized spacial score (nSPS) is 19.0. The Bertz CT molecular complexity index is 822. The Morgan fingerprint density at radius 1 is 1.17 bits per heavy atom. The Kier molecular flexibility index (Phi) is 6.08. The molecule has 4 heterocycles. The summed E-state index contributed by atoms with van der Waals surface area (Å²) in [5, 5.41) is 3.90. The van der Waals surface area contributed by atoms with Gasteiger partial charge in [0.05, 0.1) is 5.56 Å². The minimum absolute atomic E-state index is 0.319. The van der Waals surface area contributed by atoms with Crippen LogP contribution in [0.2, 0.25) is 0 Å². The molecule has 2 aliphatic rings. The number of nitrogens with zero attached hydrogens (tertiary/aromatic N) is 6. The summed E-state index contributed by atoms with van der Waals surface area (Å²) in [6.45, 7) is 10.6. The largest absolute Gasteiger partial charge is 0.356 e. The number of carbonyl (C=O) groups excluding carboxylic acids is 1. The first-order valence-electron chi connectivity index (χ1n) is 10.6. The van der Waals surface area contributed by atoms with E-state index in [4.69, 9.17) is 4.52 Å². The van der Waals surface area contributed by atoms with Gasteiger partial charge in [0.25, 0.3) is 5.89 Å². The summed E-state index contributed by atoms with van der Waals surface area (Å²) in [6.07, 6.45) is 4.46. The van der Waals surface area contributed by atoms with Crippen molar-refractivity contribution < 1.29 is 9.32 Å². The van der Waals surface area contributed by atoms with Gasteiger partial charge in [0.1, 0.15) is 5.82 Å². The first-order valence-corrected chi connectivity index (χ1v) is 10.6. The topological polar surface area (TPSA) is 78.6 Å². The third-order valence-electron chi connectivity index (χ3n) is 6.09. The number of piperazine rings is 1. The first kappa shape index (κ1) is 19.8. The van der Waals surface area contributed by atoms with Crippen LogP contribution in [0.3, 0.4) is 0 Å². The third kappa shape index (κ3) is 4.58. The van der Waals surface area contributed by atoms with Gasteiger partial charge in [0.2, 0.25) is 5.91 Å². The predicted molar refractivity (Wildman–Crippen MR) is 111 cm³/mol. The Morgan fingerprint density at radius 3 is 2.59 bits per heavy atom. The highest BCUT2D eigenvalue weighted by Gasteiger charge is 2.27. The van der Waals surface area contributed by atoms with Crippen LogP contribution in [-0.2, 0) is 4.79 Å². The van der Waals surface area contributed by atoms with Gasteiger partial charge >= 0.3 is 0 Å². The SMILES string of the molecule is CCN1CCN(C(=O)CC2CCN(c3ncccc3-c3nc(C)no3)CC2)CC1. The molecular weight excluding hydrogens is 368 g/mol. The van der Waals surface area contributed by atoms with E-state index in [1.807, 2.05) is 24.0 Å². The van der Waals surface area contributed by atoms with E-state index in [1.165, 1.54) is 0 Å². The molecule has 0 aliphatic carbocycles. The maximum Gasteiger partial charge on any atom is 0.261 e. The van der Waals surface area contributed by atoms with Gasteiger partial charge in [0, 0.05) is 51.9 Å². The molecule has 0 atom stereocenters. The number of piperidine rings is 1. The molecule has 4 rings (SSSR count). The molecule has 156 valence electrons.